The van der Waals surface area contributed by atoms with Gasteiger partial charge in [0.2, 0.25) is 5.95 Å². The molecule has 152 valence electrons. The van der Waals surface area contributed by atoms with Crippen LogP contribution in [-0.4, -0.2) is 34.7 Å². The lowest BCUT2D eigenvalue weighted by Crippen LogP contribution is -2.48. The SMILES string of the molecule is CC(C)n1c(N2CCC(NC(=O)NCc3ccccc3)CC2)nc2ccccc21. The normalized spacial score (nSPS) is 15.1. The lowest BCUT2D eigenvalue weighted by molar-refractivity contribution is 0.234. The van der Waals surface area contributed by atoms with E-state index < -0.39 is 0 Å². The summed E-state index contributed by atoms with van der Waals surface area (Å²) in [6, 6.07) is 18.7. The first-order valence-corrected chi connectivity index (χ1v) is 10.4. The molecule has 0 spiro atoms. The highest BCUT2D eigenvalue weighted by Gasteiger charge is 2.25. The minimum Gasteiger partial charge on any atom is -0.342 e. The van der Waals surface area contributed by atoms with Gasteiger partial charge in [-0.15, -0.1) is 0 Å². The van der Waals surface area contributed by atoms with Crippen LogP contribution in [0.1, 0.15) is 38.3 Å². The third-order valence-corrected chi connectivity index (χ3v) is 5.50. The maximum atomic E-state index is 12.2. The molecule has 29 heavy (non-hydrogen) atoms. The monoisotopic (exact) mass is 391 g/mol. The van der Waals surface area contributed by atoms with Crippen LogP contribution in [-0.2, 0) is 6.54 Å². The second kappa shape index (κ2) is 8.55. The van der Waals surface area contributed by atoms with Crippen molar-refractivity contribution >= 4 is 23.0 Å². The molecular formula is C23H29N5O. The molecule has 6 heteroatoms. The van der Waals surface area contributed by atoms with Crippen molar-refractivity contribution in [2.75, 3.05) is 18.0 Å². The fourth-order valence-corrected chi connectivity index (χ4v) is 4.00. The second-order valence-corrected chi connectivity index (χ2v) is 7.94. The first-order valence-electron chi connectivity index (χ1n) is 10.4. The molecule has 1 saturated heterocycles. The summed E-state index contributed by atoms with van der Waals surface area (Å²) in [5.41, 5.74) is 3.32. The highest BCUT2D eigenvalue weighted by Crippen LogP contribution is 2.28. The van der Waals surface area contributed by atoms with Gasteiger partial charge in [-0.2, -0.15) is 0 Å². The zero-order chi connectivity index (χ0) is 20.2. The number of anilines is 1. The number of benzene rings is 2. The number of nitrogens with zero attached hydrogens (tertiary/aromatic N) is 3. The van der Waals surface area contributed by atoms with Crippen molar-refractivity contribution in [3.63, 3.8) is 0 Å². The molecule has 0 atom stereocenters. The molecule has 0 unspecified atom stereocenters. The quantitative estimate of drug-likeness (QED) is 0.689. The summed E-state index contributed by atoms with van der Waals surface area (Å²) >= 11 is 0. The Kier molecular flexibility index (Phi) is 5.69. The smallest absolute Gasteiger partial charge is 0.315 e. The average Bonchev–Trinajstić information content (AvgIpc) is 3.13. The van der Waals surface area contributed by atoms with Crippen molar-refractivity contribution in [2.24, 2.45) is 0 Å². The highest BCUT2D eigenvalue weighted by molar-refractivity contribution is 5.79. The number of urea groups is 1. The van der Waals surface area contributed by atoms with E-state index in [9.17, 15) is 4.79 Å². The fraction of sp³-hybridized carbons (Fsp3) is 0.391. The molecule has 1 aliphatic heterocycles. The number of aromatic nitrogens is 2. The Balaban J connectivity index is 1.34. The Morgan fingerprint density at radius 3 is 2.48 bits per heavy atom. The van der Waals surface area contributed by atoms with Crippen molar-refractivity contribution < 1.29 is 4.79 Å². The van der Waals surface area contributed by atoms with Gasteiger partial charge in [-0.25, -0.2) is 9.78 Å². The van der Waals surface area contributed by atoms with Gasteiger partial charge in [-0.3, -0.25) is 0 Å². The average molecular weight is 392 g/mol. The molecule has 2 aromatic carbocycles. The van der Waals surface area contributed by atoms with E-state index in [0.717, 1.165) is 43.0 Å². The number of para-hydroxylation sites is 2. The first kappa shape index (κ1) is 19.3. The van der Waals surface area contributed by atoms with E-state index in [1.807, 2.05) is 36.4 Å². The third kappa shape index (κ3) is 4.36. The predicted octanol–water partition coefficient (Wildman–Crippen LogP) is 4.09. The molecule has 3 aromatic rings. The van der Waals surface area contributed by atoms with E-state index in [2.05, 4.69) is 52.1 Å². The van der Waals surface area contributed by atoms with Crippen LogP contribution < -0.4 is 15.5 Å². The highest BCUT2D eigenvalue weighted by atomic mass is 16.2. The lowest BCUT2D eigenvalue weighted by atomic mass is 10.1. The predicted molar refractivity (Wildman–Crippen MR) is 117 cm³/mol. The summed E-state index contributed by atoms with van der Waals surface area (Å²) in [7, 11) is 0. The van der Waals surface area contributed by atoms with Crippen LogP contribution in [0.25, 0.3) is 11.0 Å². The maximum absolute atomic E-state index is 12.2. The van der Waals surface area contributed by atoms with Crippen LogP contribution in [0, 0.1) is 0 Å². The Morgan fingerprint density at radius 2 is 1.76 bits per heavy atom. The standard InChI is InChI=1S/C23H29N5O/c1-17(2)28-21-11-7-6-10-20(21)26-23(28)27-14-12-19(13-15-27)25-22(29)24-16-18-8-4-3-5-9-18/h3-11,17,19H,12-16H2,1-2H3,(H2,24,25,29). The number of hydrogen-bond acceptors (Lipinski definition) is 3. The van der Waals surface area contributed by atoms with Gasteiger partial charge in [0.1, 0.15) is 0 Å². The molecule has 2 heterocycles. The number of rotatable bonds is 5. The Hall–Kier alpha value is -3.02. The molecule has 2 amide bonds. The van der Waals surface area contributed by atoms with Gasteiger partial charge in [0.05, 0.1) is 11.0 Å². The van der Waals surface area contributed by atoms with Crippen molar-refractivity contribution in [3.05, 3.63) is 60.2 Å². The molecule has 0 bridgehead atoms. The Morgan fingerprint density at radius 1 is 1.07 bits per heavy atom. The van der Waals surface area contributed by atoms with E-state index in [4.69, 9.17) is 4.98 Å². The van der Waals surface area contributed by atoms with Gasteiger partial charge < -0.3 is 20.1 Å². The van der Waals surface area contributed by atoms with E-state index >= 15 is 0 Å². The zero-order valence-corrected chi connectivity index (χ0v) is 17.1. The summed E-state index contributed by atoms with van der Waals surface area (Å²) < 4.78 is 2.32. The van der Waals surface area contributed by atoms with E-state index in [0.29, 0.717) is 12.6 Å². The fourth-order valence-electron chi connectivity index (χ4n) is 4.00. The van der Waals surface area contributed by atoms with E-state index in [-0.39, 0.29) is 12.1 Å². The molecule has 4 rings (SSSR count). The second-order valence-electron chi connectivity index (χ2n) is 7.94. The lowest BCUT2D eigenvalue weighted by Gasteiger charge is -2.34. The number of hydrogen-bond donors (Lipinski definition) is 2. The summed E-state index contributed by atoms with van der Waals surface area (Å²) in [6.07, 6.45) is 1.83. The largest absolute Gasteiger partial charge is 0.342 e. The third-order valence-electron chi connectivity index (χ3n) is 5.50. The number of nitrogens with one attached hydrogen (secondary N) is 2. The summed E-state index contributed by atoms with van der Waals surface area (Å²) in [4.78, 5) is 19.5. The first-order chi connectivity index (χ1) is 14.1. The van der Waals surface area contributed by atoms with Crippen LogP contribution in [0.4, 0.5) is 10.7 Å². The Labute approximate surface area is 171 Å². The van der Waals surface area contributed by atoms with Gasteiger partial charge in [-0.1, -0.05) is 42.5 Å². The number of carbonyl (C=O) groups is 1. The number of piperidine rings is 1. The summed E-state index contributed by atoms with van der Waals surface area (Å²) in [5, 5.41) is 6.07. The van der Waals surface area contributed by atoms with Gasteiger partial charge in [-0.05, 0) is 44.4 Å². The summed E-state index contributed by atoms with van der Waals surface area (Å²) in [5.74, 6) is 1.04. The van der Waals surface area contributed by atoms with Crippen molar-refractivity contribution in [2.45, 2.75) is 45.3 Å². The van der Waals surface area contributed by atoms with Gasteiger partial charge in [0, 0.05) is 31.7 Å². The van der Waals surface area contributed by atoms with Crippen LogP contribution in [0.3, 0.4) is 0 Å². The molecule has 0 saturated carbocycles. The molecule has 6 nitrogen and oxygen atoms in total. The van der Waals surface area contributed by atoms with Gasteiger partial charge in [0.25, 0.3) is 0 Å². The number of fused-ring (bicyclic) bond motifs is 1. The van der Waals surface area contributed by atoms with Crippen molar-refractivity contribution in [3.8, 4) is 0 Å². The van der Waals surface area contributed by atoms with Crippen LogP contribution >= 0.6 is 0 Å². The molecule has 1 aliphatic rings. The van der Waals surface area contributed by atoms with E-state index in [1.165, 1.54) is 5.52 Å². The van der Waals surface area contributed by atoms with Gasteiger partial charge >= 0.3 is 6.03 Å². The number of imidazole rings is 1. The maximum Gasteiger partial charge on any atom is 0.315 e. The van der Waals surface area contributed by atoms with Crippen LogP contribution in [0.15, 0.2) is 54.6 Å². The van der Waals surface area contributed by atoms with Crippen molar-refractivity contribution in [1.29, 1.82) is 0 Å². The van der Waals surface area contributed by atoms with Crippen molar-refractivity contribution in [1.82, 2.24) is 20.2 Å². The molecule has 0 aliphatic carbocycles. The zero-order valence-electron chi connectivity index (χ0n) is 17.1. The minimum atomic E-state index is -0.0956. The molecular weight excluding hydrogens is 362 g/mol. The molecule has 1 aromatic heterocycles. The Bertz CT molecular complexity index is 958. The minimum absolute atomic E-state index is 0.0956. The number of carbonyl (C=O) groups excluding carboxylic acids is 1. The topological polar surface area (TPSA) is 62.2 Å². The molecule has 0 radical (unpaired) electrons. The van der Waals surface area contributed by atoms with Crippen LogP contribution in [0.5, 0.6) is 0 Å². The molecule has 2 N–H and O–H groups in total. The summed E-state index contributed by atoms with van der Waals surface area (Å²) in [6.45, 7) is 6.72. The van der Waals surface area contributed by atoms with Gasteiger partial charge in [0.15, 0.2) is 0 Å². The van der Waals surface area contributed by atoms with E-state index in [1.54, 1.807) is 0 Å². The molecule has 1 fully saturated rings. The number of amides is 2. The van der Waals surface area contributed by atoms with Crippen LogP contribution in [0.2, 0.25) is 0 Å².